The number of nitrogens with one attached hydrogen (secondary N) is 1. The minimum atomic E-state index is -0.132. The number of carbonyl (C=O) groups is 1. The largest absolute Gasteiger partial charge is 0.339 e. The average molecular weight is 361 g/mol. The number of anilines is 1. The van der Waals surface area contributed by atoms with Crippen LogP contribution in [0.3, 0.4) is 0 Å². The van der Waals surface area contributed by atoms with Gasteiger partial charge in [-0.25, -0.2) is 9.67 Å². The maximum Gasteiger partial charge on any atom is 0.227 e. The highest BCUT2D eigenvalue weighted by Gasteiger charge is 2.11. The fourth-order valence-electron chi connectivity index (χ4n) is 2.46. The highest BCUT2D eigenvalue weighted by Crippen LogP contribution is 2.15. The monoisotopic (exact) mass is 361 g/mol. The van der Waals surface area contributed by atoms with Gasteiger partial charge in [0, 0.05) is 36.5 Å². The zero-order chi connectivity index (χ0) is 18.5. The summed E-state index contributed by atoms with van der Waals surface area (Å²) in [5.41, 5.74) is 2.38. The zero-order valence-corrected chi connectivity index (χ0v) is 14.2. The third kappa shape index (κ3) is 4.03. The molecular formula is C18H15N7O2. The Kier molecular flexibility index (Phi) is 4.64. The Morgan fingerprint density at radius 2 is 1.89 bits per heavy atom. The standard InChI is InChI=1S/C18H15N7O2/c26-16(22-14-1-3-15(4-2-14)25-12-20-11-21-25)5-6-17-23-18(24-27-17)13-7-9-19-10-8-13/h1-4,7-12H,5-6H2,(H,22,26). The zero-order valence-electron chi connectivity index (χ0n) is 14.2. The number of benzene rings is 1. The summed E-state index contributed by atoms with van der Waals surface area (Å²) in [6, 6.07) is 10.9. The lowest BCUT2D eigenvalue weighted by Gasteiger charge is -2.05. The molecule has 0 spiro atoms. The average Bonchev–Trinajstić information content (AvgIpc) is 3.40. The van der Waals surface area contributed by atoms with E-state index < -0.39 is 0 Å². The number of nitrogens with zero attached hydrogens (tertiary/aromatic N) is 6. The second kappa shape index (κ2) is 7.56. The van der Waals surface area contributed by atoms with Gasteiger partial charge in [0.05, 0.1) is 5.69 Å². The summed E-state index contributed by atoms with van der Waals surface area (Å²) in [7, 11) is 0. The van der Waals surface area contributed by atoms with E-state index in [1.807, 2.05) is 24.3 Å². The Balaban J connectivity index is 1.32. The fourth-order valence-corrected chi connectivity index (χ4v) is 2.46. The summed E-state index contributed by atoms with van der Waals surface area (Å²) >= 11 is 0. The van der Waals surface area contributed by atoms with Crippen molar-refractivity contribution in [2.45, 2.75) is 12.8 Å². The van der Waals surface area contributed by atoms with Crippen molar-refractivity contribution < 1.29 is 9.32 Å². The molecule has 0 aliphatic heterocycles. The van der Waals surface area contributed by atoms with Gasteiger partial charge in [0.25, 0.3) is 0 Å². The molecule has 0 atom stereocenters. The van der Waals surface area contributed by atoms with Crippen molar-refractivity contribution in [1.29, 1.82) is 0 Å². The first-order chi connectivity index (χ1) is 13.3. The molecule has 0 bridgehead atoms. The quantitative estimate of drug-likeness (QED) is 0.561. The van der Waals surface area contributed by atoms with Crippen LogP contribution in [0.4, 0.5) is 5.69 Å². The Bertz CT molecular complexity index is 1010. The van der Waals surface area contributed by atoms with E-state index in [0.29, 0.717) is 23.8 Å². The summed E-state index contributed by atoms with van der Waals surface area (Å²) in [6.07, 6.45) is 7.00. The molecule has 3 heterocycles. The molecule has 0 aliphatic carbocycles. The van der Waals surface area contributed by atoms with Crippen LogP contribution in [0.25, 0.3) is 17.1 Å². The minimum Gasteiger partial charge on any atom is -0.339 e. The fraction of sp³-hybridized carbons (Fsp3) is 0.111. The maximum absolute atomic E-state index is 12.1. The van der Waals surface area contributed by atoms with Gasteiger partial charge >= 0.3 is 0 Å². The molecule has 0 fully saturated rings. The van der Waals surface area contributed by atoms with Gasteiger partial charge in [-0.3, -0.25) is 9.78 Å². The van der Waals surface area contributed by atoms with Gasteiger partial charge < -0.3 is 9.84 Å². The molecular weight excluding hydrogens is 346 g/mol. The number of amides is 1. The number of hydrogen-bond donors (Lipinski definition) is 1. The summed E-state index contributed by atoms with van der Waals surface area (Å²) in [5, 5.41) is 10.8. The molecule has 0 unspecified atom stereocenters. The highest BCUT2D eigenvalue weighted by atomic mass is 16.5. The second-order valence-electron chi connectivity index (χ2n) is 5.68. The van der Waals surface area contributed by atoms with Crippen LogP contribution in [0.2, 0.25) is 0 Å². The van der Waals surface area contributed by atoms with Gasteiger partial charge in [-0.05, 0) is 36.4 Å². The third-order valence-electron chi connectivity index (χ3n) is 3.81. The van der Waals surface area contributed by atoms with Crippen LogP contribution < -0.4 is 5.32 Å². The molecule has 0 radical (unpaired) electrons. The molecule has 0 saturated carbocycles. The number of carbonyl (C=O) groups excluding carboxylic acids is 1. The minimum absolute atomic E-state index is 0.132. The van der Waals surface area contributed by atoms with E-state index in [1.165, 1.54) is 6.33 Å². The first-order valence-corrected chi connectivity index (χ1v) is 8.26. The Morgan fingerprint density at radius 1 is 1.07 bits per heavy atom. The topological polar surface area (TPSA) is 112 Å². The van der Waals surface area contributed by atoms with Gasteiger partial charge in [0.2, 0.25) is 17.6 Å². The molecule has 4 rings (SSSR count). The lowest BCUT2D eigenvalue weighted by Crippen LogP contribution is -2.12. The second-order valence-corrected chi connectivity index (χ2v) is 5.68. The molecule has 27 heavy (non-hydrogen) atoms. The van der Waals surface area contributed by atoms with Crippen molar-refractivity contribution in [3.63, 3.8) is 0 Å². The van der Waals surface area contributed by atoms with Crippen molar-refractivity contribution >= 4 is 11.6 Å². The van der Waals surface area contributed by atoms with E-state index in [9.17, 15) is 4.79 Å². The molecule has 134 valence electrons. The first-order valence-electron chi connectivity index (χ1n) is 8.26. The van der Waals surface area contributed by atoms with Gasteiger partial charge in [0.1, 0.15) is 12.7 Å². The van der Waals surface area contributed by atoms with E-state index in [-0.39, 0.29) is 12.3 Å². The Hall–Kier alpha value is -3.88. The van der Waals surface area contributed by atoms with Gasteiger partial charge in [-0.2, -0.15) is 10.1 Å². The van der Waals surface area contributed by atoms with Crippen molar-refractivity contribution in [3.05, 3.63) is 67.3 Å². The Labute approximate surface area is 154 Å². The summed E-state index contributed by atoms with van der Waals surface area (Å²) < 4.78 is 6.84. The summed E-state index contributed by atoms with van der Waals surface area (Å²) in [5.74, 6) is 0.766. The van der Waals surface area contributed by atoms with Crippen LogP contribution in [0.1, 0.15) is 12.3 Å². The lowest BCUT2D eigenvalue weighted by atomic mass is 10.2. The number of rotatable bonds is 6. The Morgan fingerprint density at radius 3 is 2.63 bits per heavy atom. The highest BCUT2D eigenvalue weighted by molar-refractivity contribution is 5.90. The molecule has 3 aromatic heterocycles. The lowest BCUT2D eigenvalue weighted by molar-refractivity contribution is -0.116. The SMILES string of the molecule is O=C(CCc1nc(-c2ccncc2)no1)Nc1ccc(-n2cncn2)cc1. The van der Waals surface area contributed by atoms with Crippen LogP contribution in [0, 0.1) is 0 Å². The van der Waals surface area contributed by atoms with Crippen molar-refractivity contribution in [2.24, 2.45) is 0 Å². The molecule has 1 N–H and O–H groups in total. The van der Waals surface area contributed by atoms with Crippen LogP contribution in [0.15, 0.2) is 66.0 Å². The predicted molar refractivity (Wildman–Crippen MR) is 95.8 cm³/mol. The van der Waals surface area contributed by atoms with E-state index in [4.69, 9.17) is 4.52 Å². The molecule has 4 aromatic rings. The van der Waals surface area contributed by atoms with Crippen LogP contribution in [-0.2, 0) is 11.2 Å². The molecule has 1 aromatic carbocycles. The summed E-state index contributed by atoms with van der Waals surface area (Å²) in [4.78, 5) is 24.3. The van der Waals surface area contributed by atoms with Crippen LogP contribution in [0.5, 0.6) is 0 Å². The number of aryl methyl sites for hydroxylation is 1. The molecule has 1 amide bonds. The molecule has 9 heteroatoms. The van der Waals surface area contributed by atoms with Crippen LogP contribution in [-0.4, -0.2) is 35.8 Å². The number of hydrogen-bond acceptors (Lipinski definition) is 7. The maximum atomic E-state index is 12.1. The van der Waals surface area contributed by atoms with E-state index in [0.717, 1.165) is 11.3 Å². The van der Waals surface area contributed by atoms with Gasteiger partial charge in [0.15, 0.2) is 0 Å². The van der Waals surface area contributed by atoms with E-state index in [2.05, 4.69) is 30.5 Å². The van der Waals surface area contributed by atoms with Crippen molar-refractivity contribution in [3.8, 4) is 17.1 Å². The van der Waals surface area contributed by atoms with Gasteiger partial charge in [-0.1, -0.05) is 5.16 Å². The number of pyridine rings is 1. The first kappa shape index (κ1) is 16.6. The van der Waals surface area contributed by atoms with Crippen molar-refractivity contribution in [1.82, 2.24) is 29.9 Å². The molecule has 0 aliphatic rings. The molecule has 0 saturated heterocycles. The predicted octanol–water partition coefficient (Wildman–Crippen LogP) is 2.28. The van der Waals surface area contributed by atoms with E-state index >= 15 is 0 Å². The summed E-state index contributed by atoms with van der Waals surface area (Å²) in [6.45, 7) is 0. The van der Waals surface area contributed by atoms with Crippen molar-refractivity contribution in [2.75, 3.05) is 5.32 Å². The van der Waals surface area contributed by atoms with E-state index in [1.54, 1.807) is 35.5 Å². The molecule has 9 nitrogen and oxygen atoms in total. The third-order valence-corrected chi connectivity index (χ3v) is 3.81. The van der Waals surface area contributed by atoms with Crippen LogP contribution >= 0.6 is 0 Å². The smallest absolute Gasteiger partial charge is 0.227 e. The normalized spacial score (nSPS) is 10.7. The number of aromatic nitrogens is 6. The van der Waals surface area contributed by atoms with Gasteiger partial charge in [-0.15, -0.1) is 0 Å².